The Hall–Kier alpha value is -2.23. The zero-order valence-electron chi connectivity index (χ0n) is 16.1. The molecular weight excluding hydrogens is 412 g/mol. The maximum Gasteiger partial charge on any atom is 0.307 e. The van der Waals surface area contributed by atoms with Crippen LogP contribution in [0.2, 0.25) is 0 Å². The quantitative estimate of drug-likeness (QED) is 0.674. The van der Waals surface area contributed by atoms with Crippen molar-refractivity contribution in [3.63, 3.8) is 0 Å². The van der Waals surface area contributed by atoms with Gasteiger partial charge in [-0.05, 0) is 29.9 Å². The number of thiophene rings is 1. The number of nitrogens with zero attached hydrogens (tertiary/aromatic N) is 1. The second-order valence-corrected chi connectivity index (χ2v) is 10.00. The summed E-state index contributed by atoms with van der Waals surface area (Å²) in [5.74, 6) is -1.15. The van der Waals surface area contributed by atoms with E-state index in [-0.39, 0.29) is 23.1 Å². The molecule has 156 valence electrons. The number of sulfonamides is 1. The Kier molecular flexibility index (Phi) is 7.05. The fourth-order valence-corrected chi connectivity index (χ4v) is 6.06. The number of amides is 1. The van der Waals surface area contributed by atoms with E-state index in [4.69, 9.17) is 4.74 Å². The van der Waals surface area contributed by atoms with E-state index in [0.717, 1.165) is 5.56 Å². The van der Waals surface area contributed by atoms with Gasteiger partial charge in [-0.3, -0.25) is 9.59 Å². The Labute approximate surface area is 174 Å². The van der Waals surface area contributed by atoms with E-state index in [1.54, 1.807) is 17.5 Å². The van der Waals surface area contributed by atoms with Crippen LogP contribution in [-0.4, -0.2) is 44.8 Å². The van der Waals surface area contributed by atoms with Gasteiger partial charge in [0.1, 0.15) is 4.21 Å². The molecule has 1 saturated heterocycles. The molecule has 7 nitrogen and oxygen atoms in total. The minimum atomic E-state index is -3.59. The summed E-state index contributed by atoms with van der Waals surface area (Å²) in [5, 5.41) is 4.64. The highest BCUT2D eigenvalue weighted by atomic mass is 32.2. The average Bonchev–Trinajstić information content (AvgIpc) is 3.29. The van der Waals surface area contributed by atoms with Crippen LogP contribution in [0, 0.1) is 5.92 Å². The van der Waals surface area contributed by atoms with E-state index in [1.807, 2.05) is 30.3 Å². The number of benzene rings is 1. The first-order chi connectivity index (χ1) is 13.9. The van der Waals surface area contributed by atoms with E-state index in [1.165, 1.54) is 22.8 Å². The number of hydrogen-bond acceptors (Lipinski definition) is 6. The van der Waals surface area contributed by atoms with Crippen LogP contribution in [0.25, 0.3) is 0 Å². The summed E-state index contributed by atoms with van der Waals surface area (Å²) >= 11 is 1.17. The Morgan fingerprint density at radius 3 is 2.66 bits per heavy atom. The maximum absolute atomic E-state index is 12.9. The molecule has 0 saturated carbocycles. The second kappa shape index (κ2) is 9.51. The first-order valence-corrected chi connectivity index (χ1v) is 11.7. The molecule has 0 radical (unpaired) electrons. The van der Waals surface area contributed by atoms with Crippen molar-refractivity contribution in [1.82, 2.24) is 9.62 Å². The number of methoxy groups -OCH3 is 1. The minimum Gasteiger partial charge on any atom is -0.469 e. The normalized spacial score (nSPS) is 18.7. The van der Waals surface area contributed by atoms with Crippen LogP contribution in [-0.2, 0) is 24.3 Å². The van der Waals surface area contributed by atoms with Gasteiger partial charge in [0, 0.05) is 13.1 Å². The SMILES string of the molecule is COC(=O)CC(NC(=O)C1CCCN(S(=O)(=O)c2cccs2)C1)c1ccccc1. The zero-order valence-corrected chi connectivity index (χ0v) is 17.7. The fraction of sp³-hybridized carbons (Fsp3) is 0.400. The van der Waals surface area contributed by atoms with Gasteiger partial charge in [0.25, 0.3) is 10.0 Å². The van der Waals surface area contributed by atoms with Gasteiger partial charge in [0.05, 0.1) is 25.5 Å². The molecule has 0 spiro atoms. The molecule has 29 heavy (non-hydrogen) atoms. The topological polar surface area (TPSA) is 92.8 Å². The van der Waals surface area contributed by atoms with Crippen molar-refractivity contribution in [2.75, 3.05) is 20.2 Å². The van der Waals surface area contributed by atoms with Crippen molar-refractivity contribution in [2.24, 2.45) is 5.92 Å². The van der Waals surface area contributed by atoms with Crippen LogP contribution in [0.3, 0.4) is 0 Å². The van der Waals surface area contributed by atoms with Crippen molar-refractivity contribution in [3.8, 4) is 0 Å². The molecule has 0 aliphatic carbocycles. The van der Waals surface area contributed by atoms with Gasteiger partial charge in [-0.1, -0.05) is 36.4 Å². The number of ether oxygens (including phenoxy) is 1. The third-order valence-electron chi connectivity index (χ3n) is 4.96. The Morgan fingerprint density at radius 1 is 1.24 bits per heavy atom. The first kappa shape index (κ1) is 21.5. The van der Waals surface area contributed by atoms with E-state index in [2.05, 4.69) is 5.32 Å². The number of piperidine rings is 1. The Bertz CT molecular complexity index is 929. The molecular formula is C20H24N2O5S2. The summed E-state index contributed by atoms with van der Waals surface area (Å²) in [6, 6.07) is 11.9. The lowest BCUT2D eigenvalue weighted by molar-refractivity contribution is -0.141. The lowest BCUT2D eigenvalue weighted by atomic mass is 9.97. The standard InChI is InChI=1S/C20H24N2O5S2/c1-27-18(23)13-17(15-7-3-2-4-8-15)21-20(24)16-9-5-11-22(14-16)29(25,26)19-10-6-12-28-19/h2-4,6-8,10,12,16-17H,5,9,11,13-14H2,1H3,(H,21,24). The van der Waals surface area contributed by atoms with Gasteiger partial charge in [-0.15, -0.1) is 11.3 Å². The van der Waals surface area contributed by atoms with Crippen LogP contribution < -0.4 is 5.32 Å². The monoisotopic (exact) mass is 436 g/mol. The van der Waals surface area contributed by atoms with Gasteiger partial charge >= 0.3 is 5.97 Å². The summed E-state index contributed by atoms with van der Waals surface area (Å²) < 4.78 is 32.0. The number of esters is 1. The fourth-order valence-electron chi connectivity index (χ4n) is 3.39. The summed E-state index contributed by atoms with van der Waals surface area (Å²) in [6.07, 6.45) is 1.22. The van der Waals surface area contributed by atoms with E-state index in [0.29, 0.717) is 19.4 Å². The van der Waals surface area contributed by atoms with Crippen molar-refractivity contribution in [3.05, 3.63) is 53.4 Å². The predicted molar refractivity (Wildman–Crippen MR) is 110 cm³/mol. The molecule has 1 aliphatic heterocycles. The van der Waals surface area contributed by atoms with Crippen LogP contribution in [0.5, 0.6) is 0 Å². The average molecular weight is 437 g/mol. The van der Waals surface area contributed by atoms with E-state index < -0.39 is 28.0 Å². The molecule has 2 unspecified atom stereocenters. The third-order valence-corrected chi connectivity index (χ3v) is 8.20. The molecule has 0 bridgehead atoms. The predicted octanol–water partition coefficient (Wildman–Crippen LogP) is 2.57. The molecule has 1 aromatic heterocycles. The Balaban J connectivity index is 1.72. The summed E-state index contributed by atoms with van der Waals surface area (Å²) in [5.41, 5.74) is 0.796. The van der Waals surface area contributed by atoms with Crippen molar-refractivity contribution in [1.29, 1.82) is 0 Å². The lowest BCUT2D eigenvalue weighted by Gasteiger charge is -2.31. The highest BCUT2D eigenvalue weighted by molar-refractivity contribution is 7.91. The largest absolute Gasteiger partial charge is 0.469 e. The van der Waals surface area contributed by atoms with Gasteiger partial charge < -0.3 is 10.1 Å². The van der Waals surface area contributed by atoms with Crippen LogP contribution in [0.4, 0.5) is 0 Å². The number of rotatable bonds is 7. The molecule has 9 heteroatoms. The highest BCUT2D eigenvalue weighted by Crippen LogP contribution is 2.27. The van der Waals surface area contributed by atoms with Gasteiger partial charge in [-0.25, -0.2) is 8.42 Å². The molecule has 2 atom stereocenters. The van der Waals surface area contributed by atoms with Gasteiger partial charge in [0.2, 0.25) is 5.91 Å². The third kappa shape index (κ3) is 5.23. The van der Waals surface area contributed by atoms with Crippen molar-refractivity contribution in [2.45, 2.75) is 29.5 Å². The molecule has 1 amide bonds. The maximum atomic E-state index is 12.9. The molecule has 2 aromatic rings. The first-order valence-electron chi connectivity index (χ1n) is 9.37. The number of nitrogens with one attached hydrogen (secondary N) is 1. The van der Waals surface area contributed by atoms with Crippen LogP contribution in [0.1, 0.15) is 30.9 Å². The number of hydrogen-bond donors (Lipinski definition) is 1. The molecule has 1 fully saturated rings. The summed E-state index contributed by atoms with van der Waals surface area (Å²) in [6.45, 7) is 0.528. The zero-order chi connectivity index (χ0) is 20.9. The van der Waals surface area contributed by atoms with Crippen LogP contribution >= 0.6 is 11.3 Å². The molecule has 1 aromatic carbocycles. The minimum absolute atomic E-state index is 0.0101. The number of carbonyl (C=O) groups is 2. The summed E-state index contributed by atoms with van der Waals surface area (Å²) in [4.78, 5) is 24.7. The van der Waals surface area contributed by atoms with Gasteiger partial charge in [0.15, 0.2) is 0 Å². The van der Waals surface area contributed by atoms with Crippen molar-refractivity contribution < 1.29 is 22.7 Å². The molecule has 1 N–H and O–H groups in total. The molecule has 2 heterocycles. The van der Waals surface area contributed by atoms with E-state index >= 15 is 0 Å². The summed E-state index contributed by atoms with van der Waals surface area (Å²) in [7, 11) is -2.28. The van der Waals surface area contributed by atoms with Crippen LogP contribution in [0.15, 0.2) is 52.1 Å². The molecule has 1 aliphatic rings. The molecule has 3 rings (SSSR count). The second-order valence-electron chi connectivity index (χ2n) is 6.89. The highest BCUT2D eigenvalue weighted by Gasteiger charge is 2.34. The number of carbonyl (C=O) groups excluding carboxylic acids is 2. The van der Waals surface area contributed by atoms with Gasteiger partial charge in [-0.2, -0.15) is 4.31 Å². The Morgan fingerprint density at radius 2 is 2.00 bits per heavy atom. The van der Waals surface area contributed by atoms with Crippen molar-refractivity contribution >= 4 is 33.2 Å². The van der Waals surface area contributed by atoms with E-state index in [9.17, 15) is 18.0 Å². The lowest BCUT2D eigenvalue weighted by Crippen LogP contribution is -2.46. The smallest absolute Gasteiger partial charge is 0.307 e.